The first-order chi connectivity index (χ1) is 13.7. The minimum absolute atomic E-state index is 0. The highest BCUT2D eigenvalue weighted by molar-refractivity contribution is 14.0. The van der Waals surface area contributed by atoms with Crippen LogP contribution < -0.4 is 5.73 Å². The zero-order valence-electron chi connectivity index (χ0n) is 18.3. The van der Waals surface area contributed by atoms with Gasteiger partial charge in [0.1, 0.15) is 12.1 Å². The van der Waals surface area contributed by atoms with Gasteiger partial charge in [-0.15, -0.1) is 24.0 Å². The van der Waals surface area contributed by atoms with Crippen molar-refractivity contribution in [3.63, 3.8) is 0 Å². The van der Waals surface area contributed by atoms with Crippen LogP contribution in [0.3, 0.4) is 0 Å². The van der Waals surface area contributed by atoms with E-state index in [1.165, 1.54) is 0 Å². The summed E-state index contributed by atoms with van der Waals surface area (Å²) in [6.07, 6.45) is -0.317. The molecule has 1 aromatic carbocycles. The Labute approximate surface area is 196 Å². The van der Waals surface area contributed by atoms with E-state index in [4.69, 9.17) is 10.5 Å². The minimum atomic E-state index is -0.514. The number of likely N-dealkylation sites (N-methyl/N-ethyl adjacent to an activating group) is 1. The minimum Gasteiger partial charge on any atom is -0.444 e. The van der Waals surface area contributed by atoms with Gasteiger partial charge < -0.3 is 25.2 Å². The molecule has 8 nitrogen and oxygen atoms in total. The lowest BCUT2D eigenvalue weighted by molar-refractivity contribution is -0.130. The summed E-state index contributed by atoms with van der Waals surface area (Å²) in [4.78, 5) is 34.2. The van der Waals surface area contributed by atoms with Crippen molar-refractivity contribution in [2.24, 2.45) is 10.7 Å². The van der Waals surface area contributed by atoms with Crippen LogP contribution in [0.5, 0.6) is 0 Å². The predicted molar refractivity (Wildman–Crippen MR) is 129 cm³/mol. The fourth-order valence-corrected chi connectivity index (χ4v) is 2.97. The number of carbonyl (C=O) groups excluding carboxylic acids is 2. The first-order valence-electron chi connectivity index (χ1n) is 10.0. The molecule has 0 bridgehead atoms. The molecule has 30 heavy (non-hydrogen) atoms. The molecule has 0 unspecified atom stereocenters. The summed E-state index contributed by atoms with van der Waals surface area (Å²) < 4.78 is 5.40. The largest absolute Gasteiger partial charge is 0.444 e. The lowest BCUT2D eigenvalue weighted by atomic mass is 10.2. The number of aliphatic imine (C=N–C) groups is 1. The van der Waals surface area contributed by atoms with Crippen molar-refractivity contribution >= 4 is 41.9 Å². The van der Waals surface area contributed by atoms with Crippen molar-refractivity contribution in [3.8, 4) is 0 Å². The topological polar surface area (TPSA) is 91.5 Å². The zero-order chi connectivity index (χ0) is 21.4. The van der Waals surface area contributed by atoms with Crippen molar-refractivity contribution in [1.29, 1.82) is 0 Å². The van der Waals surface area contributed by atoms with E-state index in [0.29, 0.717) is 45.2 Å². The molecule has 9 heteroatoms. The van der Waals surface area contributed by atoms with Crippen LogP contribution in [0.4, 0.5) is 4.79 Å². The van der Waals surface area contributed by atoms with Crippen molar-refractivity contribution in [3.05, 3.63) is 35.9 Å². The Morgan fingerprint density at radius 3 is 2.20 bits per heavy atom. The van der Waals surface area contributed by atoms with E-state index in [-0.39, 0.29) is 42.5 Å². The fraction of sp³-hybridized carbons (Fsp3) is 0.571. The molecule has 1 fully saturated rings. The van der Waals surface area contributed by atoms with Crippen molar-refractivity contribution in [2.75, 3.05) is 39.3 Å². The summed E-state index contributed by atoms with van der Waals surface area (Å²) in [5.41, 5.74) is 6.65. The number of hydrogen-bond donors (Lipinski definition) is 1. The van der Waals surface area contributed by atoms with Crippen LogP contribution in [-0.4, -0.2) is 77.5 Å². The van der Waals surface area contributed by atoms with Crippen molar-refractivity contribution in [2.45, 2.75) is 39.8 Å². The highest BCUT2D eigenvalue weighted by atomic mass is 127. The van der Waals surface area contributed by atoms with Gasteiger partial charge in [-0.2, -0.15) is 0 Å². The molecular weight excluding hydrogens is 497 g/mol. The molecule has 0 aliphatic carbocycles. The molecule has 1 heterocycles. The number of halogens is 1. The molecule has 2 rings (SSSR count). The van der Waals surface area contributed by atoms with Crippen LogP contribution >= 0.6 is 24.0 Å². The quantitative estimate of drug-likeness (QED) is 0.358. The molecule has 0 saturated carbocycles. The van der Waals surface area contributed by atoms with E-state index < -0.39 is 5.60 Å². The highest BCUT2D eigenvalue weighted by Crippen LogP contribution is 2.12. The molecule has 1 aliphatic rings. The Bertz CT molecular complexity index is 713. The first kappa shape index (κ1) is 26.0. The molecule has 0 radical (unpaired) electrons. The number of piperazine rings is 1. The molecule has 1 aromatic rings. The third-order valence-corrected chi connectivity index (χ3v) is 4.58. The van der Waals surface area contributed by atoms with Gasteiger partial charge in [-0.05, 0) is 33.3 Å². The maximum absolute atomic E-state index is 12.5. The number of nitrogens with zero attached hydrogens (tertiary/aromatic N) is 4. The van der Waals surface area contributed by atoms with Crippen molar-refractivity contribution in [1.82, 2.24) is 14.7 Å². The van der Waals surface area contributed by atoms with Gasteiger partial charge in [0, 0.05) is 39.3 Å². The van der Waals surface area contributed by atoms with E-state index >= 15 is 0 Å². The Morgan fingerprint density at radius 2 is 1.67 bits per heavy atom. The van der Waals surface area contributed by atoms with Gasteiger partial charge in [0.2, 0.25) is 5.91 Å². The lowest BCUT2D eigenvalue weighted by Crippen LogP contribution is -2.53. The SMILES string of the molecule is CCN(Cc1ccccc1)C(=O)CN=C(N)N1CCN(C(=O)OC(C)(C)C)CC1.I. The van der Waals surface area contributed by atoms with Crippen LogP contribution in [-0.2, 0) is 16.1 Å². The number of benzene rings is 1. The summed E-state index contributed by atoms with van der Waals surface area (Å²) >= 11 is 0. The molecule has 2 N–H and O–H groups in total. The normalized spacial score (nSPS) is 14.7. The molecule has 2 amide bonds. The second-order valence-electron chi connectivity index (χ2n) is 8.02. The number of hydrogen-bond acceptors (Lipinski definition) is 4. The molecule has 0 aromatic heterocycles. The lowest BCUT2D eigenvalue weighted by Gasteiger charge is -2.36. The maximum Gasteiger partial charge on any atom is 0.410 e. The van der Waals surface area contributed by atoms with E-state index in [9.17, 15) is 9.59 Å². The highest BCUT2D eigenvalue weighted by Gasteiger charge is 2.26. The molecule has 168 valence electrons. The smallest absolute Gasteiger partial charge is 0.410 e. The summed E-state index contributed by atoms with van der Waals surface area (Å²) in [6, 6.07) is 9.87. The second kappa shape index (κ2) is 12.0. The van der Waals surface area contributed by atoms with E-state index in [1.807, 2.05) is 62.9 Å². The van der Waals surface area contributed by atoms with Gasteiger partial charge in [0.05, 0.1) is 0 Å². The van der Waals surface area contributed by atoms with Gasteiger partial charge in [-0.25, -0.2) is 9.79 Å². The van der Waals surface area contributed by atoms with Gasteiger partial charge in [0.15, 0.2) is 5.96 Å². The first-order valence-corrected chi connectivity index (χ1v) is 10.0. The third-order valence-electron chi connectivity index (χ3n) is 4.58. The Balaban J connectivity index is 0.00000450. The Morgan fingerprint density at radius 1 is 1.10 bits per heavy atom. The number of ether oxygens (including phenoxy) is 1. The van der Waals surface area contributed by atoms with Crippen molar-refractivity contribution < 1.29 is 14.3 Å². The summed E-state index contributed by atoms with van der Waals surface area (Å²) in [5.74, 6) is 0.268. The van der Waals surface area contributed by atoms with Gasteiger partial charge >= 0.3 is 6.09 Å². The number of rotatable bonds is 5. The van der Waals surface area contributed by atoms with Gasteiger partial charge in [0.25, 0.3) is 0 Å². The molecule has 1 saturated heterocycles. The Kier molecular flexibility index (Phi) is 10.4. The van der Waals surface area contributed by atoms with Gasteiger partial charge in [-0.1, -0.05) is 30.3 Å². The third kappa shape index (κ3) is 8.37. The number of guanidine groups is 1. The zero-order valence-corrected chi connectivity index (χ0v) is 20.7. The number of amides is 2. The summed E-state index contributed by atoms with van der Waals surface area (Å²) in [6.45, 7) is 10.8. The van der Waals surface area contributed by atoms with E-state index in [1.54, 1.807) is 9.80 Å². The van der Waals surface area contributed by atoms with E-state index in [2.05, 4.69) is 4.99 Å². The average molecular weight is 531 g/mol. The number of carbonyl (C=O) groups is 2. The Hall–Kier alpha value is -2.04. The van der Waals surface area contributed by atoms with Crippen LogP contribution in [0.15, 0.2) is 35.3 Å². The molecular formula is C21H34IN5O3. The summed E-state index contributed by atoms with van der Waals surface area (Å²) in [7, 11) is 0. The second-order valence-corrected chi connectivity index (χ2v) is 8.02. The van der Waals surface area contributed by atoms with Crippen LogP contribution in [0.2, 0.25) is 0 Å². The van der Waals surface area contributed by atoms with Crippen LogP contribution in [0, 0.1) is 0 Å². The average Bonchev–Trinajstić information content (AvgIpc) is 2.69. The van der Waals surface area contributed by atoms with Crippen LogP contribution in [0.25, 0.3) is 0 Å². The van der Waals surface area contributed by atoms with E-state index in [0.717, 1.165) is 5.56 Å². The predicted octanol–water partition coefficient (Wildman–Crippen LogP) is 2.52. The summed E-state index contributed by atoms with van der Waals surface area (Å²) in [5, 5.41) is 0. The fourth-order valence-electron chi connectivity index (χ4n) is 2.97. The maximum atomic E-state index is 12.5. The molecule has 1 aliphatic heterocycles. The molecule has 0 atom stereocenters. The monoisotopic (exact) mass is 531 g/mol. The molecule has 0 spiro atoms. The standard InChI is InChI=1S/C21H33N5O3.HI/c1-5-24(16-17-9-7-6-8-10-17)18(27)15-23-19(22)25-11-13-26(14-12-25)20(28)29-21(2,3)4;/h6-10H,5,11-16H2,1-4H3,(H2,22,23);1H. The van der Waals surface area contributed by atoms with Crippen LogP contribution in [0.1, 0.15) is 33.3 Å². The van der Waals surface area contributed by atoms with Gasteiger partial charge in [-0.3, -0.25) is 4.79 Å². The number of nitrogens with two attached hydrogens (primary N) is 1.